The SMILES string of the molecule is CCCCCCCCCCOc1ccc(-n2c(=O)[nH][nH]c2=O)cc1. The van der Waals surface area contributed by atoms with Gasteiger partial charge in [-0.25, -0.2) is 24.4 Å². The first-order valence-electron chi connectivity index (χ1n) is 8.85. The summed E-state index contributed by atoms with van der Waals surface area (Å²) < 4.78 is 6.75. The smallest absolute Gasteiger partial charge is 0.348 e. The van der Waals surface area contributed by atoms with Gasteiger partial charge in [-0.15, -0.1) is 0 Å². The molecule has 0 amide bonds. The van der Waals surface area contributed by atoms with Crippen LogP contribution in [-0.2, 0) is 0 Å². The summed E-state index contributed by atoms with van der Waals surface area (Å²) in [4.78, 5) is 23.1. The highest BCUT2D eigenvalue weighted by molar-refractivity contribution is 5.36. The van der Waals surface area contributed by atoms with Crippen molar-refractivity contribution >= 4 is 0 Å². The summed E-state index contributed by atoms with van der Waals surface area (Å²) in [6.07, 6.45) is 10.2. The summed E-state index contributed by atoms with van der Waals surface area (Å²) in [7, 11) is 0. The second-order valence-corrected chi connectivity index (χ2v) is 6.01. The highest BCUT2D eigenvalue weighted by Crippen LogP contribution is 2.14. The van der Waals surface area contributed by atoms with E-state index in [1.54, 1.807) is 24.3 Å². The van der Waals surface area contributed by atoms with E-state index in [-0.39, 0.29) is 0 Å². The zero-order chi connectivity index (χ0) is 17.2. The average Bonchev–Trinajstić information content (AvgIpc) is 2.93. The minimum atomic E-state index is -0.479. The first-order chi connectivity index (χ1) is 11.7. The lowest BCUT2D eigenvalue weighted by Gasteiger charge is -2.07. The van der Waals surface area contributed by atoms with Crippen LogP contribution in [0.25, 0.3) is 5.69 Å². The fourth-order valence-corrected chi connectivity index (χ4v) is 2.66. The van der Waals surface area contributed by atoms with Crippen LogP contribution in [0.4, 0.5) is 0 Å². The van der Waals surface area contributed by atoms with Crippen molar-refractivity contribution in [2.75, 3.05) is 6.61 Å². The van der Waals surface area contributed by atoms with Crippen molar-refractivity contribution in [3.05, 3.63) is 45.2 Å². The summed E-state index contributed by atoms with van der Waals surface area (Å²) in [5, 5.41) is 4.52. The Morgan fingerprint density at radius 3 is 1.96 bits per heavy atom. The van der Waals surface area contributed by atoms with Gasteiger partial charge in [0.15, 0.2) is 0 Å². The molecule has 0 bridgehead atoms. The van der Waals surface area contributed by atoms with E-state index in [9.17, 15) is 9.59 Å². The third-order valence-corrected chi connectivity index (χ3v) is 4.04. The van der Waals surface area contributed by atoms with E-state index < -0.39 is 11.4 Å². The molecule has 1 aromatic heterocycles. The van der Waals surface area contributed by atoms with E-state index >= 15 is 0 Å². The monoisotopic (exact) mass is 333 g/mol. The van der Waals surface area contributed by atoms with Crippen LogP contribution in [0.2, 0.25) is 0 Å². The first kappa shape index (κ1) is 18.1. The van der Waals surface area contributed by atoms with E-state index in [4.69, 9.17) is 4.74 Å². The van der Waals surface area contributed by atoms with Crippen LogP contribution in [0.1, 0.15) is 58.3 Å². The standard InChI is InChI=1S/C18H27N3O3/c1-2-3-4-5-6-7-8-9-14-24-16-12-10-15(11-13-16)21-17(22)19-20-18(21)23/h10-13H,2-9,14H2,1H3,(H,19,22)(H,20,23). The lowest BCUT2D eigenvalue weighted by molar-refractivity contribution is 0.304. The molecule has 132 valence electrons. The van der Waals surface area contributed by atoms with Crippen LogP contribution in [0.3, 0.4) is 0 Å². The number of benzene rings is 1. The summed E-state index contributed by atoms with van der Waals surface area (Å²) >= 11 is 0. The van der Waals surface area contributed by atoms with Gasteiger partial charge in [0, 0.05) is 0 Å². The molecule has 0 aliphatic heterocycles. The highest BCUT2D eigenvalue weighted by Gasteiger charge is 2.05. The van der Waals surface area contributed by atoms with E-state index in [1.807, 2.05) is 0 Å². The zero-order valence-electron chi connectivity index (χ0n) is 14.3. The van der Waals surface area contributed by atoms with Crippen LogP contribution in [0.5, 0.6) is 5.75 Å². The largest absolute Gasteiger partial charge is 0.494 e. The Morgan fingerprint density at radius 1 is 0.833 bits per heavy atom. The maximum absolute atomic E-state index is 11.5. The van der Waals surface area contributed by atoms with E-state index in [1.165, 1.54) is 44.9 Å². The predicted octanol–water partition coefficient (Wildman–Crippen LogP) is 3.37. The topological polar surface area (TPSA) is 79.9 Å². The number of hydrogen-bond donors (Lipinski definition) is 2. The van der Waals surface area contributed by atoms with Crippen LogP contribution in [0.15, 0.2) is 33.9 Å². The number of ether oxygens (including phenoxy) is 1. The van der Waals surface area contributed by atoms with Crippen molar-refractivity contribution in [2.24, 2.45) is 0 Å². The second-order valence-electron chi connectivity index (χ2n) is 6.01. The lowest BCUT2D eigenvalue weighted by atomic mass is 10.1. The highest BCUT2D eigenvalue weighted by atomic mass is 16.5. The molecular weight excluding hydrogens is 306 g/mol. The van der Waals surface area contributed by atoms with Crippen molar-refractivity contribution < 1.29 is 4.74 Å². The van der Waals surface area contributed by atoms with E-state index in [0.29, 0.717) is 12.3 Å². The molecule has 0 saturated carbocycles. The maximum Gasteiger partial charge on any atom is 0.348 e. The Morgan fingerprint density at radius 2 is 1.38 bits per heavy atom. The second kappa shape index (κ2) is 9.80. The predicted molar refractivity (Wildman–Crippen MR) is 95.1 cm³/mol. The maximum atomic E-state index is 11.5. The fraction of sp³-hybridized carbons (Fsp3) is 0.556. The van der Waals surface area contributed by atoms with Gasteiger partial charge in [0.2, 0.25) is 0 Å². The Labute approximate surface area is 141 Å². The minimum absolute atomic E-state index is 0.479. The molecule has 1 heterocycles. The van der Waals surface area contributed by atoms with Crippen molar-refractivity contribution in [3.63, 3.8) is 0 Å². The Balaban J connectivity index is 1.68. The molecule has 6 nitrogen and oxygen atoms in total. The Kier molecular flexibility index (Phi) is 7.39. The molecule has 24 heavy (non-hydrogen) atoms. The van der Waals surface area contributed by atoms with Gasteiger partial charge in [0.1, 0.15) is 5.75 Å². The molecule has 0 unspecified atom stereocenters. The van der Waals surface area contributed by atoms with Crippen LogP contribution in [-0.4, -0.2) is 21.4 Å². The van der Waals surface area contributed by atoms with Gasteiger partial charge in [-0.3, -0.25) is 0 Å². The molecule has 0 saturated heterocycles. The van der Waals surface area contributed by atoms with Gasteiger partial charge in [0.25, 0.3) is 0 Å². The van der Waals surface area contributed by atoms with Gasteiger partial charge >= 0.3 is 11.4 Å². The Bertz CT molecular complexity index is 670. The number of nitrogens with one attached hydrogen (secondary N) is 2. The zero-order valence-corrected chi connectivity index (χ0v) is 14.3. The molecule has 0 atom stereocenters. The van der Waals surface area contributed by atoms with Crippen molar-refractivity contribution in [2.45, 2.75) is 58.3 Å². The van der Waals surface area contributed by atoms with Crippen molar-refractivity contribution in [3.8, 4) is 11.4 Å². The number of aromatic amines is 2. The fourth-order valence-electron chi connectivity index (χ4n) is 2.66. The Hall–Kier alpha value is -2.24. The molecule has 0 radical (unpaired) electrons. The third kappa shape index (κ3) is 5.44. The van der Waals surface area contributed by atoms with Gasteiger partial charge in [-0.05, 0) is 30.7 Å². The summed E-state index contributed by atoms with van der Waals surface area (Å²) in [5.41, 5.74) is -0.442. The van der Waals surface area contributed by atoms with E-state index in [0.717, 1.165) is 16.7 Å². The normalized spacial score (nSPS) is 10.9. The first-order valence-corrected chi connectivity index (χ1v) is 8.85. The number of hydrogen-bond acceptors (Lipinski definition) is 3. The summed E-state index contributed by atoms with van der Waals surface area (Å²) in [5.74, 6) is 0.752. The molecule has 6 heteroatoms. The van der Waals surface area contributed by atoms with Crippen molar-refractivity contribution in [1.29, 1.82) is 0 Å². The third-order valence-electron chi connectivity index (χ3n) is 4.04. The number of H-pyrrole nitrogens is 2. The summed E-state index contributed by atoms with van der Waals surface area (Å²) in [6.45, 7) is 2.93. The average molecular weight is 333 g/mol. The van der Waals surface area contributed by atoms with E-state index in [2.05, 4.69) is 17.1 Å². The summed E-state index contributed by atoms with van der Waals surface area (Å²) in [6, 6.07) is 6.96. The molecule has 2 rings (SSSR count). The molecule has 0 spiro atoms. The van der Waals surface area contributed by atoms with Gasteiger partial charge < -0.3 is 4.74 Å². The molecule has 0 aliphatic carbocycles. The molecule has 0 fully saturated rings. The molecular formula is C18H27N3O3. The molecule has 2 aromatic rings. The van der Waals surface area contributed by atoms with Gasteiger partial charge in [0.05, 0.1) is 12.3 Å². The lowest BCUT2D eigenvalue weighted by Crippen LogP contribution is -2.24. The number of unbranched alkanes of at least 4 members (excludes halogenated alkanes) is 7. The number of nitrogens with zero attached hydrogens (tertiary/aromatic N) is 1. The molecule has 2 N–H and O–H groups in total. The van der Waals surface area contributed by atoms with Crippen LogP contribution >= 0.6 is 0 Å². The van der Waals surface area contributed by atoms with Crippen LogP contribution < -0.4 is 16.1 Å². The number of rotatable bonds is 11. The van der Waals surface area contributed by atoms with Crippen molar-refractivity contribution in [1.82, 2.24) is 14.8 Å². The molecule has 1 aromatic carbocycles. The quantitative estimate of drug-likeness (QED) is 0.619. The van der Waals surface area contributed by atoms with Crippen LogP contribution in [0, 0.1) is 0 Å². The van der Waals surface area contributed by atoms with Gasteiger partial charge in [-0.2, -0.15) is 0 Å². The molecule has 0 aliphatic rings. The van der Waals surface area contributed by atoms with Gasteiger partial charge in [-0.1, -0.05) is 51.9 Å². The number of aromatic nitrogens is 3. The minimum Gasteiger partial charge on any atom is -0.494 e.